The van der Waals surface area contributed by atoms with Gasteiger partial charge in [-0.1, -0.05) is 42.5 Å². The van der Waals surface area contributed by atoms with Crippen LogP contribution in [0.3, 0.4) is 0 Å². The Kier molecular flexibility index (Phi) is 8.05. The van der Waals surface area contributed by atoms with E-state index in [9.17, 15) is 14.4 Å². The number of ether oxygens (including phenoxy) is 2. The van der Waals surface area contributed by atoms with Crippen molar-refractivity contribution in [1.29, 1.82) is 0 Å². The van der Waals surface area contributed by atoms with E-state index in [0.29, 0.717) is 0 Å². The van der Waals surface area contributed by atoms with Gasteiger partial charge in [-0.05, 0) is 64.8 Å². The molecule has 0 fully saturated rings. The summed E-state index contributed by atoms with van der Waals surface area (Å²) in [7, 11) is 0. The number of fused-ring (bicyclic) bond motifs is 1. The fourth-order valence-electron chi connectivity index (χ4n) is 3.44. The van der Waals surface area contributed by atoms with E-state index >= 15 is 0 Å². The zero-order chi connectivity index (χ0) is 24.1. The minimum absolute atomic E-state index is 0.163. The maximum Gasteiger partial charge on any atom is 0.310 e. The van der Waals surface area contributed by atoms with Crippen LogP contribution in [-0.4, -0.2) is 29.0 Å². The van der Waals surface area contributed by atoms with Crippen LogP contribution in [0.2, 0.25) is 0 Å². The molecule has 2 aromatic carbocycles. The van der Waals surface area contributed by atoms with E-state index in [1.807, 2.05) is 49.4 Å². The molecule has 174 valence electrons. The van der Waals surface area contributed by atoms with Gasteiger partial charge in [-0.2, -0.15) is 0 Å². The Morgan fingerprint density at radius 1 is 0.844 bits per heavy atom. The second-order valence-electron chi connectivity index (χ2n) is 10.1. The Bertz CT molecular complexity index is 963. The summed E-state index contributed by atoms with van der Waals surface area (Å²) in [5.41, 5.74) is -0.422. The van der Waals surface area contributed by atoms with Crippen LogP contribution in [0, 0.1) is 5.92 Å². The molecule has 1 N–H and O–H groups in total. The van der Waals surface area contributed by atoms with Crippen molar-refractivity contribution in [2.24, 2.45) is 5.92 Å². The maximum absolute atomic E-state index is 12.8. The van der Waals surface area contributed by atoms with Crippen molar-refractivity contribution in [3.63, 3.8) is 0 Å². The molecule has 0 unspecified atom stereocenters. The number of nitrogens with one attached hydrogen (secondary N) is 1. The van der Waals surface area contributed by atoms with Gasteiger partial charge in [0.25, 0.3) is 0 Å². The molecule has 6 nitrogen and oxygen atoms in total. The Balaban J connectivity index is 2.13. The average molecular weight is 442 g/mol. The molecule has 0 aliphatic rings. The highest BCUT2D eigenvalue weighted by Crippen LogP contribution is 2.25. The Labute approximate surface area is 190 Å². The minimum atomic E-state index is -0.927. The van der Waals surface area contributed by atoms with Gasteiger partial charge in [-0.15, -0.1) is 0 Å². The van der Waals surface area contributed by atoms with E-state index in [2.05, 4.69) is 5.32 Å². The molecule has 32 heavy (non-hydrogen) atoms. The predicted octanol–water partition coefficient (Wildman–Crippen LogP) is 5.10. The zero-order valence-electron chi connectivity index (χ0n) is 20.2. The minimum Gasteiger partial charge on any atom is -0.460 e. The van der Waals surface area contributed by atoms with Crippen molar-refractivity contribution >= 4 is 28.6 Å². The molecule has 0 aliphatic carbocycles. The molecule has 0 saturated carbocycles. The van der Waals surface area contributed by atoms with Crippen molar-refractivity contribution in [2.75, 3.05) is 0 Å². The van der Waals surface area contributed by atoms with E-state index in [0.717, 1.165) is 16.3 Å². The normalized spacial score (nSPS) is 13.8. The summed E-state index contributed by atoms with van der Waals surface area (Å²) < 4.78 is 10.8. The lowest BCUT2D eigenvalue weighted by Crippen LogP contribution is -2.36. The highest BCUT2D eigenvalue weighted by atomic mass is 16.6. The van der Waals surface area contributed by atoms with E-state index in [4.69, 9.17) is 9.47 Å². The fourth-order valence-corrected chi connectivity index (χ4v) is 3.44. The molecule has 0 radical (unpaired) electrons. The number of amides is 1. The Morgan fingerprint density at radius 3 is 2.06 bits per heavy atom. The van der Waals surface area contributed by atoms with Gasteiger partial charge >= 0.3 is 11.9 Å². The molecule has 0 spiro atoms. The summed E-state index contributed by atoms with van der Waals surface area (Å²) in [5.74, 6) is -2.38. The van der Waals surface area contributed by atoms with Crippen LogP contribution in [0.4, 0.5) is 0 Å². The monoisotopic (exact) mass is 441 g/mol. The number of hydrogen-bond acceptors (Lipinski definition) is 5. The highest BCUT2D eigenvalue weighted by Gasteiger charge is 2.31. The third kappa shape index (κ3) is 7.98. The van der Waals surface area contributed by atoms with Gasteiger partial charge in [0.2, 0.25) is 5.91 Å². The molecular weight excluding hydrogens is 406 g/mol. The quantitative estimate of drug-likeness (QED) is 0.605. The number of carbonyl (C=O) groups excluding carboxylic acids is 3. The number of carbonyl (C=O) groups is 3. The van der Waals surface area contributed by atoms with Gasteiger partial charge in [0.1, 0.15) is 11.2 Å². The van der Waals surface area contributed by atoms with Crippen LogP contribution in [0.5, 0.6) is 0 Å². The first kappa shape index (κ1) is 25.4. The van der Waals surface area contributed by atoms with E-state index < -0.39 is 29.1 Å². The molecule has 0 aliphatic heterocycles. The lowest BCUT2D eigenvalue weighted by Gasteiger charge is -2.25. The number of rotatable bonds is 7. The lowest BCUT2D eigenvalue weighted by atomic mass is 9.98. The summed E-state index contributed by atoms with van der Waals surface area (Å²) in [6.45, 7) is 12.4. The predicted molar refractivity (Wildman–Crippen MR) is 125 cm³/mol. The van der Waals surface area contributed by atoms with Crippen molar-refractivity contribution in [2.45, 2.75) is 78.6 Å². The molecule has 0 heterocycles. The second-order valence-corrected chi connectivity index (χ2v) is 10.1. The smallest absolute Gasteiger partial charge is 0.310 e. The Hall–Kier alpha value is -2.89. The number of esters is 2. The van der Waals surface area contributed by atoms with Crippen LogP contribution in [0.25, 0.3) is 10.8 Å². The molecule has 1 amide bonds. The molecule has 2 aromatic rings. The summed E-state index contributed by atoms with van der Waals surface area (Å²) in [6.07, 6.45) is -0.383. The van der Waals surface area contributed by atoms with Gasteiger partial charge < -0.3 is 14.8 Å². The van der Waals surface area contributed by atoms with E-state index in [1.165, 1.54) is 0 Å². The molecule has 0 aromatic heterocycles. The largest absolute Gasteiger partial charge is 0.460 e. The molecule has 0 saturated heterocycles. The topological polar surface area (TPSA) is 81.7 Å². The van der Waals surface area contributed by atoms with Gasteiger partial charge in [0.15, 0.2) is 0 Å². The molecule has 0 bridgehead atoms. The zero-order valence-corrected chi connectivity index (χ0v) is 20.2. The standard InChI is InChI=1S/C26H35NO5/c1-17(20-14-10-12-18-11-8-9-13-21(18)20)27-22(28)15-19(24(30)32-26(5,6)7)16-23(29)31-25(2,3)4/h8-14,17,19H,15-16H2,1-7H3,(H,27,28)/t17-,19+/m1/s1. The first-order valence-electron chi connectivity index (χ1n) is 11.0. The van der Waals surface area contributed by atoms with Gasteiger partial charge in [0, 0.05) is 6.42 Å². The van der Waals surface area contributed by atoms with Crippen molar-refractivity contribution in [3.05, 3.63) is 48.0 Å². The first-order valence-corrected chi connectivity index (χ1v) is 11.0. The first-order chi connectivity index (χ1) is 14.7. The Morgan fingerprint density at radius 2 is 1.44 bits per heavy atom. The van der Waals surface area contributed by atoms with Gasteiger partial charge in [-0.3, -0.25) is 14.4 Å². The van der Waals surface area contributed by atoms with Crippen LogP contribution in [0.15, 0.2) is 42.5 Å². The molecule has 2 atom stereocenters. The molecular formula is C26H35NO5. The third-order valence-corrected chi connectivity index (χ3v) is 4.67. The highest BCUT2D eigenvalue weighted by molar-refractivity contribution is 5.88. The number of benzene rings is 2. The van der Waals surface area contributed by atoms with Gasteiger partial charge in [0.05, 0.1) is 18.4 Å². The van der Waals surface area contributed by atoms with E-state index in [1.54, 1.807) is 41.5 Å². The average Bonchev–Trinajstić information content (AvgIpc) is 2.64. The third-order valence-electron chi connectivity index (χ3n) is 4.67. The second kappa shape index (κ2) is 10.2. The van der Waals surface area contributed by atoms with Crippen LogP contribution in [0.1, 0.15) is 72.9 Å². The summed E-state index contributed by atoms with van der Waals surface area (Å²) >= 11 is 0. The van der Waals surface area contributed by atoms with Crippen molar-refractivity contribution < 1.29 is 23.9 Å². The van der Waals surface area contributed by atoms with Crippen LogP contribution >= 0.6 is 0 Å². The SMILES string of the molecule is C[C@@H](NC(=O)C[C@@H](CC(=O)OC(C)(C)C)C(=O)OC(C)(C)C)c1cccc2ccccc12. The van der Waals surface area contributed by atoms with Crippen molar-refractivity contribution in [3.8, 4) is 0 Å². The fraction of sp³-hybridized carbons (Fsp3) is 0.500. The van der Waals surface area contributed by atoms with E-state index in [-0.39, 0.29) is 24.8 Å². The van der Waals surface area contributed by atoms with Crippen LogP contribution in [-0.2, 0) is 23.9 Å². The summed E-state index contributed by atoms with van der Waals surface area (Å²) in [5, 5.41) is 5.10. The van der Waals surface area contributed by atoms with Crippen molar-refractivity contribution in [1.82, 2.24) is 5.32 Å². The maximum atomic E-state index is 12.8. The summed E-state index contributed by atoms with van der Waals surface area (Å²) in [4.78, 5) is 37.9. The molecule has 6 heteroatoms. The number of hydrogen-bond donors (Lipinski definition) is 1. The summed E-state index contributed by atoms with van der Waals surface area (Å²) in [6, 6.07) is 13.6. The lowest BCUT2D eigenvalue weighted by molar-refractivity contribution is -0.168. The van der Waals surface area contributed by atoms with Crippen LogP contribution < -0.4 is 5.32 Å². The molecule has 2 rings (SSSR count). The van der Waals surface area contributed by atoms with Gasteiger partial charge in [-0.25, -0.2) is 0 Å².